The summed E-state index contributed by atoms with van der Waals surface area (Å²) in [5.41, 5.74) is 0.522. The fourth-order valence-electron chi connectivity index (χ4n) is 1.95. The molecular weight excluding hydrogens is 296 g/mol. The van der Waals surface area contributed by atoms with Gasteiger partial charge in [-0.3, -0.25) is 0 Å². The Labute approximate surface area is 137 Å². The lowest BCUT2D eigenvalue weighted by Crippen LogP contribution is -2.45. The van der Waals surface area contributed by atoms with Gasteiger partial charge in [0.25, 0.3) is 0 Å². The molecule has 22 heavy (non-hydrogen) atoms. The van der Waals surface area contributed by atoms with Crippen molar-refractivity contribution < 1.29 is 9.53 Å². The van der Waals surface area contributed by atoms with Gasteiger partial charge in [-0.1, -0.05) is 36.4 Å². The molecule has 0 unspecified atom stereocenters. The van der Waals surface area contributed by atoms with Crippen LogP contribution in [-0.4, -0.2) is 28.9 Å². The van der Waals surface area contributed by atoms with Crippen LogP contribution in [0.5, 0.6) is 0 Å². The van der Waals surface area contributed by atoms with Crippen LogP contribution >= 0.6 is 12.2 Å². The topological polar surface area (TPSA) is 50.7 Å². The third kappa shape index (κ3) is 6.66. The van der Waals surface area contributed by atoms with Crippen LogP contribution in [0.25, 0.3) is 0 Å². The van der Waals surface area contributed by atoms with Crippen molar-refractivity contribution in [3.05, 3.63) is 48.6 Å². The third-order valence-electron chi connectivity index (χ3n) is 2.86. The molecule has 1 aromatic carbocycles. The SMILES string of the molecule is C=C[C@H](N=C=S)[C@H](Cc1ccccc1)NC(=O)OC(C)(C)C. The van der Waals surface area contributed by atoms with E-state index in [9.17, 15) is 4.79 Å². The second-order valence-electron chi connectivity index (χ2n) is 5.89. The number of hydrogen-bond acceptors (Lipinski definition) is 4. The highest BCUT2D eigenvalue weighted by molar-refractivity contribution is 7.78. The number of carbonyl (C=O) groups is 1. The van der Waals surface area contributed by atoms with E-state index in [2.05, 4.69) is 34.3 Å². The largest absolute Gasteiger partial charge is 0.444 e. The number of nitrogens with one attached hydrogen (secondary N) is 1. The number of isothiocyanates is 1. The van der Waals surface area contributed by atoms with Crippen LogP contribution in [0.4, 0.5) is 4.79 Å². The van der Waals surface area contributed by atoms with Gasteiger partial charge in [0.1, 0.15) is 5.60 Å². The maximum Gasteiger partial charge on any atom is 0.407 e. The van der Waals surface area contributed by atoms with Gasteiger partial charge in [-0.15, -0.1) is 6.58 Å². The Morgan fingerprint density at radius 3 is 2.59 bits per heavy atom. The van der Waals surface area contributed by atoms with Gasteiger partial charge in [-0.25, -0.2) is 9.79 Å². The van der Waals surface area contributed by atoms with Gasteiger partial charge < -0.3 is 10.1 Å². The molecule has 0 aliphatic rings. The number of rotatable bonds is 6. The summed E-state index contributed by atoms with van der Waals surface area (Å²) in [6.45, 7) is 9.21. The Kier molecular flexibility index (Phi) is 6.96. The van der Waals surface area contributed by atoms with Crippen molar-refractivity contribution in [1.29, 1.82) is 0 Å². The van der Waals surface area contributed by atoms with Crippen molar-refractivity contribution >= 4 is 23.5 Å². The fraction of sp³-hybridized carbons (Fsp3) is 0.412. The van der Waals surface area contributed by atoms with E-state index in [0.29, 0.717) is 6.42 Å². The monoisotopic (exact) mass is 318 g/mol. The molecule has 1 amide bonds. The number of alkyl carbamates (subject to hydrolysis) is 1. The molecule has 0 saturated heterocycles. The first-order chi connectivity index (χ1) is 10.4. The maximum atomic E-state index is 12.0. The van der Waals surface area contributed by atoms with E-state index < -0.39 is 11.7 Å². The summed E-state index contributed by atoms with van der Waals surface area (Å²) >= 11 is 4.67. The first-order valence-corrected chi connectivity index (χ1v) is 7.49. The molecule has 0 aliphatic heterocycles. The predicted octanol–water partition coefficient (Wildman–Crippen LogP) is 3.78. The third-order valence-corrected chi connectivity index (χ3v) is 2.96. The minimum Gasteiger partial charge on any atom is -0.444 e. The van der Waals surface area contributed by atoms with Crippen LogP contribution in [0.15, 0.2) is 48.0 Å². The summed E-state index contributed by atoms with van der Waals surface area (Å²) < 4.78 is 5.31. The second kappa shape index (κ2) is 8.47. The molecule has 0 fully saturated rings. The van der Waals surface area contributed by atoms with Gasteiger partial charge >= 0.3 is 6.09 Å². The first kappa shape index (κ1) is 18.1. The zero-order valence-electron chi connectivity index (χ0n) is 13.2. The van der Waals surface area contributed by atoms with Gasteiger partial charge in [0.15, 0.2) is 0 Å². The van der Waals surface area contributed by atoms with E-state index >= 15 is 0 Å². The van der Waals surface area contributed by atoms with E-state index in [1.165, 1.54) is 0 Å². The summed E-state index contributed by atoms with van der Waals surface area (Å²) in [5, 5.41) is 5.20. The minimum atomic E-state index is -0.557. The van der Waals surface area contributed by atoms with Crippen molar-refractivity contribution in [2.45, 2.75) is 44.9 Å². The van der Waals surface area contributed by atoms with Crippen LogP contribution in [0.3, 0.4) is 0 Å². The summed E-state index contributed by atoms with van der Waals surface area (Å²) in [4.78, 5) is 16.1. The van der Waals surface area contributed by atoms with Crippen molar-refractivity contribution in [2.24, 2.45) is 4.99 Å². The Bertz CT molecular complexity index is 546. The van der Waals surface area contributed by atoms with E-state index in [4.69, 9.17) is 4.74 Å². The van der Waals surface area contributed by atoms with Gasteiger partial charge in [-0.05, 0) is 45.0 Å². The van der Waals surface area contributed by atoms with Crippen molar-refractivity contribution in [1.82, 2.24) is 5.32 Å². The van der Waals surface area contributed by atoms with Crippen molar-refractivity contribution in [3.8, 4) is 0 Å². The molecule has 0 saturated carbocycles. The lowest BCUT2D eigenvalue weighted by atomic mass is 10.00. The lowest BCUT2D eigenvalue weighted by molar-refractivity contribution is 0.0501. The van der Waals surface area contributed by atoms with Crippen LogP contribution in [0, 0.1) is 0 Å². The second-order valence-corrected chi connectivity index (χ2v) is 6.07. The summed E-state index contributed by atoms with van der Waals surface area (Å²) in [7, 11) is 0. The molecule has 4 nitrogen and oxygen atoms in total. The number of benzene rings is 1. The molecule has 0 aromatic heterocycles. The lowest BCUT2D eigenvalue weighted by Gasteiger charge is -2.25. The summed E-state index contributed by atoms with van der Waals surface area (Å²) in [6, 6.07) is 9.17. The molecule has 5 heteroatoms. The zero-order valence-corrected chi connectivity index (χ0v) is 14.0. The molecule has 1 rings (SSSR count). The number of ether oxygens (including phenoxy) is 1. The Morgan fingerprint density at radius 2 is 2.09 bits per heavy atom. The molecule has 0 radical (unpaired) electrons. The standard InChI is InChI=1S/C17H22N2O2S/c1-5-14(18-12-22)15(11-13-9-7-6-8-10-13)19-16(20)21-17(2,3)4/h5-10,14-15H,1,11H2,2-4H3,(H,19,20)/t14-,15-/m0/s1. The van der Waals surface area contributed by atoms with Gasteiger partial charge in [0, 0.05) is 0 Å². The first-order valence-electron chi connectivity index (χ1n) is 7.08. The van der Waals surface area contributed by atoms with Crippen molar-refractivity contribution in [3.63, 3.8) is 0 Å². The quantitative estimate of drug-likeness (QED) is 0.493. The Balaban J connectivity index is 2.88. The zero-order chi connectivity index (χ0) is 16.6. The van der Waals surface area contributed by atoms with Crippen LogP contribution in [-0.2, 0) is 11.2 Å². The summed E-state index contributed by atoms with van der Waals surface area (Å²) in [5.74, 6) is 0. The van der Waals surface area contributed by atoms with E-state index in [1.54, 1.807) is 6.08 Å². The number of thiocarbonyl (C=S) groups is 1. The maximum absolute atomic E-state index is 12.0. The number of carbonyl (C=O) groups excluding carboxylic acids is 1. The number of aliphatic imine (C=N–C) groups is 1. The predicted molar refractivity (Wildman–Crippen MR) is 92.3 cm³/mol. The smallest absolute Gasteiger partial charge is 0.407 e. The summed E-state index contributed by atoms with van der Waals surface area (Å²) in [6.07, 6.45) is 1.75. The minimum absolute atomic E-state index is 0.301. The molecule has 2 atom stereocenters. The van der Waals surface area contributed by atoms with Gasteiger partial charge in [-0.2, -0.15) is 0 Å². The highest BCUT2D eigenvalue weighted by atomic mass is 32.1. The molecule has 118 valence electrons. The van der Waals surface area contributed by atoms with Crippen molar-refractivity contribution in [2.75, 3.05) is 0 Å². The van der Waals surface area contributed by atoms with E-state index in [0.717, 1.165) is 5.56 Å². The Hall–Kier alpha value is -1.97. The highest BCUT2D eigenvalue weighted by Crippen LogP contribution is 2.12. The van der Waals surface area contributed by atoms with Crippen LogP contribution in [0.1, 0.15) is 26.3 Å². The van der Waals surface area contributed by atoms with Crippen LogP contribution < -0.4 is 5.32 Å². The van der Waals surface area contributed by atoms with Gasteiger partial charge in [0.05, 0.1) is 17.2 Å². The van der Waals surface area contributed by atoms with Crippen LogP contribution in [0.2, 0.25) is 0 Å². The molecular formula is C17H22N2O2S. The number of nitrogens with zero attached hydrogens (tertiary/aromatic N) is 1. The normalized spacial score (nSPS) is 13.4. The molecule has 1 aromatic rings. The molecule has 0 spiro atoms. The van der Waals surface area contributed by atoms with Gasteiger partial charge in [0.2, 0.25) is 0 Å². The van der Waals surface area contributed by atoms with E-state index in [-0.39, 0.29) is 12.1 Å². The molecule has 0 heterocycles. The Morgan fingerprint density at radius 1 is 1.45 bits per heavy atom. The molecule has 1 N–H and O–H groups in total. The fourth-order valence-corrected chi connectivity index (χ4v) is 2.07. The number of hydrogen-bond donors (Lipinski definition) is 1. The average molecular weight is 318 g/mol. The highest BCUT2D eigenvalue weighted by Gasteiger charge is 2.24. The molecule has 0 bridgehead atoms. The molecule has 0 aliphatic carbocycles. The number of amides is 1. The average Bonchev–Trinajstić information content (AvgIpc) is 2.43. The van der Waals surface area contributed by atoms with E-state index in [1.807, 2.05) is 51.1 Å².